The Morgan fingerprint density at radius 1 is 1.00 bits per heavy atom. The van der Waals surface area contributed by atoms with Crippen LogP contribution in [0.2, 0.25) is 9.36 Å². The van der Waals surface area contributed by atoms with Crippen molar-refractivity contribution in [3.05, 3.63) is 42.9 Å². The maximum absolute atomic E-state index is 6.09. The van der Waals surface area contributed by atoms with Crippen LogP contribution in [0.4, 0.5) is 5.69 Å². The molecule has 0 fully saturated rings. The molecule has 1 nitrogen and oxygen atoms in total. The second kappa shape index (κ2) is 5.11. The van der Waals surface area contributed by atoms with Crippen molar-refractivity contribution in [2.45, 2.75) is 20.8 Å². The molecule has 1 aromatic heterocycles. The molecule has 0 spiro atoms. The van der Waals surface area contributed by atoms with E-state index in [9.17, 15) is 0 Å². The van der Waals surface area contributed by atoms with Crippen LogP contribution in [0.1, 0.15) is 16.7 Å². The Hall–Kier alpha value is -0.350. The van der Waals surface area contributed by atoms with E-state index in [1.807, 2.05) is 0 Å². The topological polar surface area (TPSA) is 12.4 Å². The SMILES string of the molecule is Cc1cc(C)c(N=c2ssc(Cl)c2Cl)c(C)c1. The first kappa shape index (κ1) is 13.1. The van der Waals surface area contributed by atoms with Crippen LogP contribution in [0, 0.1) is 20.8 Å². The van der Waals surface area contributed by atoms with Gasteiger partial charge in [-0.1, -0.05) is 61.6 Å². The smallest absolute Gasteiger partial charge is 0.147 e. The molecular formula is C12H11Cl2NS2. The van der Waals surface area contributed by atoms with Gasteiger partial charge in [0.1, 0.15) is 14.0 Å². The highest BCUT2D eigenvalue weighted by molar-refractivity contribution is 7.69. The Bertz CT molecular complexity index is 603. The zero-order valence-electron chi connectivity index (χ0n) is 9.67. The fraction of sp³-hybridized carbons (Fsp3) is 0.250. The van der Waals surface area contributed by atoms with Gasteiger partial charge in [-0.05, 0) is 31.9 Å². The van der Waals surface area contributed by atoms with Crippen molar-refractivity contribution in [2.24, 2.45) is 4.99 Å². The van der Waals surface area contributed by atoms with Gasteiger partial charge in [0.15, 0.2) is 0 Å². The number of benzene rings is 1. The Morgan fingerprint density at radius 3 is 2.06 bits per heavy atom. The minimum atomic E-state index is 0.557. The Kier molecular flexibility index (Phi) is 3.93. The molecule has 0 radical (unpaired) electrons. The first-order valence-electron chi connectivity index (χ1n) is 5.05. The molecule has 2 rings (SSSR count). The normalized spacial score (nSPS) is 12.2. The first-order valence-corrected chi connectivity index (χ1v) is 7.96. The third-order valence-corrected chi connectivity index (χ3v) is 5.90. The molecule has 0 N–H and O–H groups in total. The van der Waals surface area contributed by atoms with Gasteiger partial charge in [-0.25, -0.2) is 4.99 Å². The monoisotopic (exact) mass is 303 g/mol. The van der Waals surface area contributed by atoms with E-state index in [-0.39, 0.29) is 0 Å². The predicted octanol–water partition coefficient (Wildman–Crippen LogP) is 5.27. The van der Waals surface area contributed by atoms with E-state index >= 15 is 0 Å². The van der Waals surface area contributed by atoms with Gasteiger partial charge >= 0.3 is 0 Å². The van der Waals surface area contributed by atoms with E-state index < -0.39 is 0 Å². The molecule has 0 aliphatic rings. The molecule has 0 saturated heterocycles. The highest BCUT2D eigenvalue weighted by Gasteiger charge is 2.06. The summed E-state index contributed by atoms with van der Waals surface area (Å²) in [5.74, 6) is 0. The van der Waals surface area contributed by atoms with Crippen molar-refractivity contribution in [1.29, 1.82) is 0 Å². The van der Waals surface area contributed by atoms with Crippen molar-refractivity contribution in [1.82, 2.24) is 0 Å². The summed E-state index contributed by atoms with van der Waals surface area (Å²) < 4.78 is 1.40. The Balaban J connectivity index is 2.64. The molecule has 5 heteroatoms. The number of nitrogens with zero attached hydrogens (tertiary/aromatic N) is 1. The van der Waals surface area contributed by atoms with Gasteiger partial charge in [0, 0.05) is 0 Å². The Labute approximate surface area is 118 Å². The molecule has 0 aliphatic carbocycles. The van der Waals surface area contributed by atoms with E-state index in [4.69, 9.17) is 23.2 Å². The molecule has 1 heterocycles. The van der Waals surface area contributed by atoms with Crippen molar-refractivity contribution >= 4 is 49.6 Å². The number of rotatable bonds is 1. The maximum atomic E-state index is 6.09. The molecule has 0 unspecified atom stereocenters. The van der Waals surface area contributed by atoms with Gasteiger partial charge < -0.3 is 0 Å². The number of hydrogen-bond acceptors (Lipinski definition) is 3. The minimum Gasteiger partial charge on any atom is -0.235 e. The molecule has 1 aromatic carbocycles. The molecular weight excluding hydrogens is 293 g/mol. The number of halogens is 2. The molecule has 2 aromatic rings. The van der Waals surface area contributed by atoms with E-state index in [1.54, 1.807) is 0 Å². The minimum absolute atomic E-state index is 0.557. The molecule has 0 saturated carbocycles. The Morgan fingerprint density at radius 2 is 1.59 bits per heavy atom. The first-order chi connectivity index (χ1) is 7.99. The quantitative estimate of drug-likeness (QED) is 0.636. The van der Waals surface area contributed by atoms with Crippen molar-refractivity contribution in [2.75, 3.05) is 0 Å². The van der Waals surface area contributed by atoms with Gasteiger partial charge in [-0.3, -0.25) is 0 Å². The highest BCUT2D eigenvalue weighted by atomic mass is 35.5. The second-order valence-electron chi connectivity index (χ2n) is 3.92. The van der Waals surface area contributed by atoms with Crippen LogP contribution < -0.4 is 4.67 Å². The number of aryl methyl sites for hydroxylation is 3. The molecule has 0 amide bonds. The molecule has 0 bridgehead atoms. The summed E-state index contributed by atoms with van der Waals surface area (Å²) in [6, 6.07) is 4.25. The standard InChI is InChI=1S/C12H11Cl2NS2/c1-6-4-7(2)10(8(3)5-6)15-12-9(13)11(14)16-17-12/h4-5H,1-3H3. The fourth-order valence-electron chi connectivity index (χ4n) is 1.75. The zero-order valence-corrected chi connectivity index (χ0v) is 12.8. The molecule has 17 heavy (non-hydrogen) atoms. The average Bonchev–Trinajstić information content (AvgIpc) is 2.54. The zero-order chi connectivity index (χ0) is 12.6. The summed E-state index contributed by atoms with van der Waals surface area (Å²) >= 11 is 12.0. The average molecular weight is 304 g/mol. The van der Waals surface area contributed by atoms with Crippen LogP contribution in [0.15, 0.2) is 17.1 Å². The van der Waals surface area contributed by atoms with Gasteiger partial charge in [-0.2, -0.15) is 0 Å². The van der Waals surface area contributed by atoms with Crippen LogP contribution in [0.25, 0.3) is 0 Å². The highest BCUT2D eigenvalue weighted by Crippen LogP contribution is 2.29. The lowest BCUT2D eigenvalue weighted by atomic mass is 10.1. The fourth-order valence-corrected chi connectivity index (χ4v) is 4.49. The summed E-state index contributed by atoms with van der Waals surface area (Å²) in [4.78, 5) is 4.61. The maximum Gasteiger partial charge on any atom is 0.147 e. The summed E-state index contributed by atoms with van der Waals surface area (Å²) in [6.07, 6.45) is 0. The van der Waals surface area contributed by atoms with E-state index in [0.29, 0.717) is 9.36 Å². The van der Waals surface area contributed by atoms with E-state index in [2.05, 4.69) is 37.9 Å². The van der Waals surface area contributed by atoms with Crippen LogP contribution in [0.5, 0.6) is 0 Å². The van der Waals surface area contributed by atoms with Crippen LogP contribution in [-0.4, -0.2) is 0 Å². The summed E-state index contributed by atoms with van der Waals surface area (Å²) in [5, 5.41) is 0.557. The van der Waals surface area contributed by atoms with Crippen molar-refractivity contribution in [3.63, 3.8) is 0 Å². The molecule has 0 aliphatic heterocycles. The molecule has 0 atom stereocenters. The van der Waals surface area contributed by atoms with Crippen molar-refractivity contribution in [3.8, 4) is 0 Å². The van der Waals surface area contributed by atoms with Gasteiger partial charge in [0.2, 0.25) is 0 Å². The summed E-state index contributed by atoms with van der Waals surface area (Å²) in [5.41, 5.74) is 4.56. The van der Waals surface area contributed by atoms with Crippen LogP contribution >= 0.6 is 43.9 Å². The predicted molar refractivity (Wildman–Crippen MR) is 78.1 cm³/mol. The van der Waals surface area contributed by atoms with E-state index in [0.717, 1.165) is 21.5 Å². The summed E-state index contributed by atoms with van der Waals surface area (Å²) in [7, 11) is 2.95. The van der Waals surface area contributed by atoms with Gasteiger partial charge in [0.25, 0.3) is 0 Å². The third kappa shape index (κ3) is 2.74. The van der Waals surface area contributed by atoms with E-state index in [1.165, 1.54) is 26.2 Å². The lowest BCUT2D eigenvalue weighted by molar-refractivity contribution is 1.26. The molecule has 90 valence electrons. The van der Waals surface area contributed by atoms with Crippen LogP contribution in [0.3, 0.4) is 0 Å². The lowest BCUT2D eigenvalue weighted by Crippen LogP contribution is -1.94. The third-order valence-electron chi connectivity index (χ3n) is 2.40. The lowest BCUT2D eigenvalue weighted by Gasteiger charge is -2.05. The number of hydrogen-bond donors (Lipinski definition) is 0. The van der Waals surface area contributed by atoms with Gasteiger partial charge in [0.05, 0.1) is 5.69 Å². The van der Waals surface area contributed by atoms with Crippen molar-refractivity contribution < 1.29 is 0 Å². The summed E-state index contributed by atoms with van der Waals surface area (Å²) in [6.45, 7) is 6.21. The largest absolute Gasteiger partial charge is 0.235 e. The van der Waals surface area contributed by atoms with Crippen LogP contribution in [-0.2, 0) is 0 Å². The van der Waals surface area contributed by atoms with Gasteiger partial charge in [-0.15, -0.1) is 0 Å². The second-order valence-corrected chi connectivity index (χ2v) is 7.03.